The van der Waals surface area contributed by atoms with E-state index in [1.807, 2.05) is 0 Å². The van der Waals surface area contributed by atoms with Gasteiger partial charge >= 0.3 is 19.6 Å². The van der Waals surface area contributed by atoms with E-state index < -0.39 is 61.5 Å². The molecule has 1 aromatic heterocycles. The molecule has 2 N–H and O–H groups in total. The number of rotatable bonds is 9. The monoisotopic (exact) mass is 636 g/mol. The number of hydrogen-bond donors (Lipinski definition) is 2. The van der Waals surface area contributed by atoms with Crippen LogP contribution in [0.1, 0.15) is 58.4 Å². The Balaban J connectivity index is 1.37. The number of benzene rings is 1. The van der Waals surface area contributed by atoms with Crippen LogP contribution in [0.3, 0.4) is 0 Å². The number of H-pyrrole nitrogens is 1. The van der Waals surface area contributed by atoms with Crippen LogP contribution in [-0.4, -0.2) is 68.2 Å². The van der Waals surface area contributed by atoms with E-state index in [0.29, 0.717) is 13.0 Å². The van der Waals surface area contributed by atoms with Gasteiger partial charge in [0, 0.05) is 23.1 Å². The molecule has 2 aliphatic rings. The molecule has 2 aromatic rings. The summed E-state index contributed by atoms with van der Waals surface area (Å²) in [6.45, 7) is 10.3. The number of ether oxygens (including phenoxy) is 3. The van der Waals surface area contributed by atoms with Gasteiger partial charge in [0.25, 0.3) is 5.56 Å². The van der Waals surface area contributed by atoms with Crippen molar-refractivity contribution in [2.24, 2.45) is 5.11 Å². The van der Waals surface area contributed by atoms with Crippen molar-refractivity contribution >= 4 is 13.9 Å². The van der Waals surface area contributed by atoms with Crippen molar-refractivity contribution in [3.8, 4) is 5.75 Å². The van der Waals surface area contributed by atoms with Crippen molar-refractivity contribution < 1.29 is 37.5 Å². The van der Waals surface area contributed by atoms with Crippen LogP contribution < -0.4 is 15.8 Å². The Kier molecular flexibility index (Phi) is 9.64. The molecule has 0 saturated carbocycles. The first-order chi connectivity index (χ1) is 20.5. The molecule has 3 heterocycles. The topological polar surface area (TPSA) is 207 Å². The summed E-state index contributed by atoms with van der Waals surface area (Å²) in [4.78, 5) is 53.8. The Labute approximate surface area is 253 Å². The minimum Gasteiger partial charge on any atom is -0.444 e. The Bertz CT molecular complexity index is 1580. The third-order valence-electron chi connectivity index (χ3n) is 7.04. The lowest BCUT2D eigenvalue weighted by atomic mass is 10.0. The van der Waals surface area contributed by atoms with Crippen LogP contribution in [-0.2, 0) is 29.7 Å². The number of carbonyl (C=O) groups is 1. The second-order valence-electron chi connectivity index (χ2n) is 12.1. The van der Waals surface area contributed by atoms with Crippen LogP contribution in [0.2, 0.25) is 0 Å². The fourth-order valence-electron chi connectivity index (χ4n) is 5.02. The SMILES string of the molecule is Cc1cn([C@H]2C[C@H](N=[N+]=[N-])[C@@H](COP(=O)(O)Oc3ccc(C[C@H]4COC(C)(C)N4C(=O)OC(C)(C)C)cc3)O2)c(=O)[nH]c1=O. The summed E-state index contributed by atoms with van der Waals surface area (Å²) in [6.07, 6.45) is -0.542. The molecule has 2 aliphatic heterocycles. The number of nitrogens with one attached hydrogen (secondary N) is 1. The van der Waals surface area contributed by atoms with Gasteiger partial charge in [0.2, 0.25) is 0 Å². The summed E-state index contributed by atoms with van der Waals surface area (Å²) in [7, 11) is -4.65. The lowest BCUT2D eigenvalue weighted by molar-refractivity contribution is -0.0624. The molecule has 44 heavy (non-hydrogen) atoms. The maximum atomic E-state index is 12.9. The average Bonchev–Trinajstić information content (AvgIpc) is 3.44. The number of amides is 1. The van der Waals surface area contributed by atoms with Gasteiger partial charge in [-0.3, -0.25) is 28.7 Å². The van der Waals surface area contributed by atoms with Gasteiger partial charge in [-0.1, -0.05) is 17.2 Å². The van der Waals surface area contributed by atoms with Crippen molar-refractivity contribution in [1.82, 2.24) is 14.5 Å². The molecule has 16 nitrogen and oxygen atoms in total. The molecule has 5 atom stereocenters. The van der Waals surface area contributed by atoms with E-state index in [2.05, 4.69) is 15.0 Å². The van der Waals surface area contributed by atoms with Crippen LogP contribution in [0.25, 0.3) is 10.4 Å². The lowest BCUT2D eigenvalue weighted by Crippen LogP contribution is -2.50. The number of phosphoric acid groups is 1. The van der Waals surface area contributed by atoms with E-state index in [1.165, 1.54) is 25.3 Å². The van der Waals surface area contributed by atoms with Crippen LogP contribution >= 0.6 is 7.82 Å². The van der Waals surface area contributed by atoms with Crippen molar-refractivity contribution in [3.05, 3.63) is 72.9 Å². The van der Waals surface area contributed by atoms with Gasteiger partial charge in [-0.15, -0.1) is 0 Å². The number of phosphoric ester groups is 1. The second kappa shape index (κ2) is 12.8. The average molecular weight is 637 g/mol. The van der Waals surface area contributed by atoms with Gasteiger partial charge in [-0.25, -0.2) is 14.2 Å². The Morgan fingerprint density at radius 3 is 2.59 bits per heavy atom. The molecule has 2 fully saturated rings. The molecule has 0 bridgehead atoms. The maximum Gasteiger partial charge on any atom is 0.527 e. The summed E-state index contributed by atoms with van der Waals surface area (Å²) in [5.41, 5.74) is 7.28. The third kappa shape index (κ3) is 8.08. The molecule has 17 heteroatoms. The summed E-state index contributed by atoms with van der Waals surface area (Å²) >= 11 is 0. The highest BCUT2D eigenvalue weighted by Gasteiger charge is 2.45. The van der Waals surface area contributed by atoms with E-state index in [-0.39, 0.29) is 23.8 Å². The van der Waals surface area contributed by atoms with Gasteiger partial charge in [-0.05, 0) is 71.2 Å². The van der Waals surface area contributed by atoms with Crippen LogP contribution in [0.15, 0.2) is 45.2 Å². The highest BCUT2D eigenvalue weighted by molar-refractivity contribution is 7.47. The zero-order valence-electron chi connectivity index (χ0n) is 25.3. The Morgan fingerprint density at radius 2 is 1.95 bits per heavy atom. The molecule has 0 radical (unpaired) electrons. The number of aromatic amines is 1. The molecule has 1 unspecified atom stereocenters. The molecule has 2 saturated heterocycles. The standard InChI is InChI=1S/C27H37N6O10P/c1-16-13-32(24(35)29-23(16)34)22-12-20(30-31-28)21(41-22)15-40-44(37,38)43-19-9-7-17(8-10-19)11-18-14-39-27(5,6)33(18)25(36)42-26(2,3)4/h7-10,13,18,20-22H,11-12,14-15H2,1-6H3,(H,37,38)(H,29,34,35)/t18-,20-,21+,22+/m0/s1. The lowest BCUT2D eigenvalue weighted by Gasteiger charge is -2.35. The largest absolute Gasteiger partial charge is 0.527 e. The predicted octanol–water partition coefficient (Wildman–Crippen LogP) is 3.92. The summed E-state index contributed by atoms with van der Waals surface area (Å²) in [5.74, 6) is 0.0543. The zero-order valence-corrected chi connectivity index (χ0v) is 26.2. The van der Waals surface area contributed by atoms with Gasteiger partial charge < -0.3 is 18.7 Å². The molecule has 4 rings (SSSR count). The maximum absolute atomic E-state index is 12.9. The fraction of sp³-hybridized carbons (Fsp3) is 0.593. The Morgan fingerprint density at radius 1 is 1.27 bits per heavy atom. The summed E-state index contributed by atoms with van der Waals surface area (Å²) in [5, 5.41) is 3.66. The molecular formula is C27H37N6O10P. The number of azide groups is 1. The number of carbonyl (C=O) groups excluding carboxylic acids is 1. The van der Waals surface area contributed by atoms with E-state index in [0.717, 1.165) is 10.1 Å². The fourth-order valence-corrected chi connectivity index (χ4v) is 5.80. The van der Waals surface area contributed by atoms with E-state index in [9.17, 15) is 23.8 Å². The number of aromatic nitrogens is 2. The van der Waals surface area contributed by atoms with E-state index in [1.54, 1.807) is 51.7 Å². The summed E-state index contributed by atoms with van der Waals surface area (Å²) < 4.78 is 41.5. The van der Waals surface area contributed by atoms with Crippen LogP contribution in [0.5, 0.6) is 5.75 Å². The van der Waals surface area contributed by atoms with Gasteiger partial charge in [0.15, 0.2) is 0 Å². The van der Waals surface area contributed by atoms with E-state index in [4.69, 9.17) is 28.8 Å². The first-order valence-corrected chi connectivity index (χ1v) is 15.4. The highest BCUT2D eigenvalue weighted by atomic mass is 31.2. The Hall–Kier alpha value is -3.65. The normalized spacial score (nSPS) is 24.4. The van der Waals surface area contributed by atoms with Crippen molar-refractivity contribution in [2.45, 2.75) is 90.1 Å². The quantitative estimate of drug-likeness (QED) is 0.175. The minimum absolute atomic E-state index is 0.0543. The number of hydrogen-bond acceptors (Lipinski definition) is 10. The van der Waals surface area contributed by atoms with Crippen molar-refractivity contribution in [3.63, 3.8) is 0 Å². The summed E-state index contributed by atoms with van der Waals surface area (Å²) in [6, 6.07) is 5.26. The van der Waals surface area contributed by atoms with E-state index >= 15 is 0 Å². The van der Waals surface area contributed by atoms with Crippen molar-refractivity contribution in [1.29, 1.82) is 0 Å². The van der Waals surface area contributed by atoms with Crippen LogP contribution in [0, 0.1) is 6.92 Å². The minimum atomic E-state index is -4.65. The molecule has 0 spiro atoms. The zero-order chi connectivity index (χ0) is 32.4. The second-order valence-corrected chi connectivity index (χ2v) is 13.5. The third-order valence-corrected chi connectivity index (χ3v) is 7.96. The number of aryl methyl sites for hydroxylation is 1. The van der Waals surface area contributed by atoms with Crippen LogP contribution in [0.4, 0.5) is 4.79 Å². The highest BCUT2D eigenvalue weighted by Crippen LogP contribution is 2.45. The predicted molar refractivity (Wildman–Crippen MR) is 156 cm³/mol. The number of nitrogens with zero attached hydrogens (tertiary/aromatic N) is 5. The van der Waals surface area contributed by atoms with Gasteiger partial charge in [0.1, 0.15) is 23.3 Å². The molecule has 0 aliphatic carbocycles. The first-order valence-electron chi connectivity index (χ1n) is 13.9. The van der Waals surface area contributed by atoms with Gasteiger partial charge in [-0.2, -0.15) is 0 Å². The molecule has 1 aromatic carbocycles. The molecule has 1 amide bonds. The van der Waals surface area contributed by atoms with Gasteiger partial charge in [0.05, 0.1) is 31.4 Å². The smallest absolute Gasteiger partial charge is 0.444 e. The first kappa shape index (κ1) is 33.2. The molecular weight excluding hydrogens is 599 g/mol. The van der Waals surface area contributed by atoms with Crippen molar-refractivity contribution in [2.75, 3.05) is 13.2 Å². The molecule has 240 valence electrons.